The largest absolute Gasteiger partial charge is 0.342 e. The number of carbonyl (C=O) groups is 1. The van der Waals surface area contributed by atoms with Crippen LogP contribution in [-0.2, 0) is 24.3 Å². The van der Waals surface area contributed by atoms with Crippen molar-refractivity contribution in [2.75, 3.05) is 13.1 Å². The minimum Gasteiger partial charge on any atom is -0.342 e. The van der Waals surface area contributed by atoms with Crippen molar-refractivity contribution in [3.05, 3.63) is 68.2 Å². The van der Waals surface area contributed by atoms with E-state index in [0.717, 1.165) is 5.56 Å². The number of nitrogens with zero attached hydrogens (tertiary/aromatic N) is 3. The van der Waals surface area contributed by atoms with Gasteiger partial charge in [0.25, 0.3) is 5.56 Å². The fourth-order valence-electron chi connectivity index (χ4n) is 3.18. The molecule has 1 aromatic carbocycles. The first kappa shape index (κ1) is 19.1. The molecular weight excluding hydrogens is 362 g/mol. The van der Waals surface area contributed by atoms with E-state index in [-0.39, 0.29) is 24.6 Å². The summed E-state index contributed by atoms with van der Waals surface area (Å²) in [7, 11) is 0. The van der Waals surface area contributed by atoms with Gasteiger partial charge >= 0.3 is 5.69 Å². The first-order chi connectivity index (χ1) is 13.1. The fraction of sp³-hybridized carbons (Fsp3) is 0.350. The second-order valence-corrected chi connectivity index (χ2v) is 7.18. The summed E-state index contributed by atoms with van der Waals surface area (Å²) in [6.45, 7) is 5.22. The molecule has 3 rings (SSSR count). The van der Waals surface area contributed by atoms with Gasteiger partial charge in [0.2, 0.25) is 5.91 Å². The number of aryl methyl sites for hydroxylation is 1. The topological polar surface area (TPSA) is 64.3 Å². The van der Waals surface area contributed by atoms with Crippen LogP contribution in [0.25, 0.3) is 10.2 Å². The molecule has 7 heteroatoms. The highest BCUT2D eigenvalue weighted by Crippen LogP contribution is 2.15. The summed E-state index contributed by atoms with van der Waals surface area (Å²) in [5.41, 5.74) is 0.877. The maximum Gasteiger partial charge on any atom is 0.332 e. The van der Waals surface area contributed by atoms with Crippen molar-refractivity contribution in [3.8, 4) is 0 Å². The quantitative estimate of drug-likeness (QED) is 0.627. The number of hydrogen-bond acceptors (Lipinski definition) is 4. The van der Waals surface area contributed by atoms with Crippen molar-refractivity contribution in [1.29, 1.82) is 0 Å². The van der Waals surface area contributed by atoms with Crippen LogP contribution in [0.1, 0.15) is 19.4 Å². The normalized spacial score (nSPS) is 11.0. The SMILES string of the molecule is CCN(CC)C(=O)Cn1c(=O)n(CCc2ccccc2)c(=O)c2sccc21. The van der Waals surface area contributed by atoms with Gasteiger partial charge in [-0.2, -0.15) is 0 Å². The van der Waals surface area contributed by atoms with Gasteiger partial charge in [-0.15, -0.1) is 11.3 Å². The predicted octanol–water partition coefficient (Wildman–Crippen LogP) is 2.34. The van der Waals surface area contributed by atoms with E-state index in [2.05, 4.69) is 0 Å². The second kappa shape index (κ2) is 8.35. The molecule has 0 aliphatic rings. The van der Waals surface area contributed by atoms with Crippen LogP contribution in [0.5, 0.6) is 0 Å². The van der Waals surface area contributed by atoms with Gasteiger partial charge in [-0.1, -0.05) is 30.3 Å². The van der Waals surface area contributed by atoms with Crippen LogP contribution in [0.2, 0.25) is 0 Å². The molecule has 0 atom stereocenters. The first-order valence-electron chi connectivity index (χ1n) is 9.09. The van der Waals surface area contributed by atoms with Crippen molar-refractivity contribution in [1.82, 2.24) is 14.0 Å². The van der Waals surface area contributed by atoms with E-state index < -0.39 is 5.69 Å². The molecule has 0 N–H and O–H groups in total. The average Bonchev–Trinajstić information content (AvgIpc) is 3.17. The Balaban J connectivity index is 2.01. The van der Waals surface area contributed by atoms with Crippen molar-refractivity contribution < 1.29 is 4.79 Å². The number of aromatic nitrogens is 2. The van der Waals surface area contributed by atoms with Crippen molar-refractivity contribution in [2.24, 2.45) is 0 Å². The fourth-order valence-corrected chi connectivity index (χ4v) is 4.02. The number of fused-ring (bicyclic) bond motifs is 1. The third-order valence-electron chi connectivity index (χ3n) is 4.71. The average molecular weight is 385 g/mol. The zero-order chi connectivity index (χ0) is 19.4. The Morgan fingerprint density at radius 3 is 2.41 bits per heavy atom. The van der Waals surface area contributed by atoms with E-state index in [1.165, 1.54) is 20.5 Å². The summed E-state index contributed by atoms with van der Waals surface area (Å²) in [6, 6.07) is 11.5. The van der Waals surface area contributed by atoms with Gasteiger partial charge in [-0.05, 0) is 37.3 Å². The van der Waals surface area contributed by atoms with Crippen LogP contribution in [0.15, 0.2) is 51.4 Å². The zero-order valence-corrected chi connectivity index (χ0v) is 16.4. The number of carbonyl (C=O) groups excluding carboxylic acids is 1. The van der Waals surface area contributed by atoms with Crippen molar-refractivity contribution in [2.45, 2.75) is 33.4 Å². The summed E-state index contributed by atoms with van der Waals surface area (Å²) < 4.78 is 3.19. The van der Waals surface area contributed by atoms with E-state index in [0.29, 0.717) is 29.7 Å². The number of benzene rings is 1. The Kier molecular flexibility index (Phi) is 5.91. The molecule has 2 aromatic heterocycles. The Bertz CT molecular complexity index is 1050. The van der Waals surface area contributed by atoms with Crippen LogP contribution in [0.4, 0.5) is 0 Å². The van der Waals surface area contributed by atoms with Gasteiger partial charge in [-0.25, -0.2) is 4.79 Å². The molecule has 0 aliphatic heterocycles. The van der Waals surface area contributed by atoms with Gasteiger partial charge in [-0.3, -0.25) is 18.7 Å². The van der Waals surface area contributed by atoms with Crippen LogP contribution in [0, 0.1) is 0 Å². The van der Waals surface area contributed by atoms with Gasteiger partial charge in [0.15, 0.2) is 0 Å². The lowest BCUT2D eigenvalue weighted by atomic mass is 10.1. The lowest BCUT2D eigenvalue weighted by molar-refractivity contribution is -0.131. The number of amides is 1. The molecule has 0 radical (unpaired) electrons. The molecular formula is C20H23N3O3S. The summed E-state index contributed by atoms with van der Waals surface area (Å²) in [4.78, 5) is 40.0. The summed E-state index contributed by atoms with van der Waals surface area (Å²) in [5, 5.41) is 1.78. The monoisotopic (exact) mass is 385 g/mol. The standard InChI is InChI=1S/C20H23N3O3S/c1-3-21(4-2)17(24)14-23-16-11-13-27-18(16)19(25)22(20(23)26)12-10-15-8-6-5-7-9-15/h5-9,11,13H,3-4,10,12,14H2,1-2H3. The minimum atomic E-state index is -0.428. The molecule has 0 aliphatic carbocycles. The van der Waals surface area contributed by atoms with Gasteiger partial charge < -0.3 is 4.90 Å². The van der Waals surface area contributed by atoms with E-state index in [9.17, 15) is 14.4 Å². The maximum atomic E-state index is 13.0. The molecule has 0 fully saturated rings. The number of rotatable bonds is 7. The predicted molar refractivity (Wildman–Crippen MR) is 108 cm³/mol. The van der Waals surface area contributed by atoms with Crippen molar-refractivity contribution >= 4 is 27.5 Å². The van der Waals surface area contributed by atoms with E-state index in [1.54, 1.807) is 16.3 Å². The Labute approximate surface area is 161 Å². The highest BCUT2D eigenvalue weighted by atomic mass is 32.1. The van der Waals surface area contributed by atoms with E-state index in [4.69, 9.17) is 0 Å². The molecule has 1 amide bonds. The van der Waals surface area contributed by atoms with Crippen molar-refractivity contribution in [3.63, 3.8) is 0 Å². The molecule has 6 nitrogen and oxygen atoms in total. The third-order valence-corrected chi connectivity index (χ3v) is 5.60. The Morgan fingerprint density at radius 2 is 1.74 bits per heavy atom. The molecule has 0 spiro atoms. The van der Waals surface area contributed by atoms with Gasteiger partial charge in [0, 0.05) is 19.6 Å². The lowest BCUT2D eigenvalue weighted by Gasteiger charge is -2.20. The molecule has 142 valence electrons. The summed E-state index contributed by atoms with van der Waals surface area (Å²) >= 11 is 1.30. The van der Waals surface area contributed by atoms with Crippen LogP contribution in [0.3, 0.4) is 0 Å². The molecule has 0 saturated carbocycles. The zero-order valence-electron chi connectivity index (χ0n) is 15.6. The van der Waals surface area contributed by atoms with E-state index in [1.807, 2.05) is 44.2 Å². The molecule has 2 heterocycles. The highest BCUT2D eigenvalue weighted by molar-refractivity contribution is 7.17. The highest BCUT2D eigenvalue weighted by Gasteiger charge is 2.18. The van der Waals surface area contributed by atoms with E-state index >= 15 is 0 Å². The number of hydrogen-bond donors (Lipinski definition) is 0. The lowest BCUT2D eigenvalue weighted by Crippen LogP contribution is -2.43. The Hall–Kier alpha value is -2.67. The summed E-state index contributed by atoms with van der Waals surface area (Å²) in [6.07, 6.45) is 0.580. The molecule has 27 heavy (non-hydrogen) atoms. The molecule has 3 aromatic rings. The minimum absolute atomic E-state index is 0.0562. The number of likely N-dealkylation sites (N-methyl/N-ethyl adjacent to an activating group) is 1. The summed E-state index contributed by atoms with van der Waals surface area (Å²) in [5.74, 6) is -0.122. The first-order valence-corrected chi connectivity index (χ1v) is 9.97. The van der Waals surface area contributed by atoms with Crippen LogP contribution < -0.4 is 11.2 Å². The molecule has 0 unspecified atom stereocenters. The molecule has 0 bridgehead atoms. The smallest absolute Gasteiger partial charge is 0.332 e. The second-order valence-electron chi connectivity index (χ2n) is 6.26. The van der Waals surface area contributed by atoms with Crippen LogP contribution in [-0.4, -0.2) is 33.0 Å². The van der Waals surface area contributed by atoms with Crippen LogP contribution >= 0.6 is 11.3 Å². The maximum absolute atomic E-state index is 13.0. The van der Waals surface area contributed by atoms with Gasteiger partial charge in [0.1, 0.15) is 11.2 Å². The number of thiophene rings is 1. The van der Waals surface area contributed by atoms with Gasteiger partial charge in [0.05, 0.1) is 5.52 Å². The Morgan fingerprint density at radius 1 is 1.04 bits per heavy atom. The molecule has 0 saturated heterocycles. The third kappa shape index (κ3) is 3.88.